The first-order valence-corrected chi connectivity index (χ1v) is 6.63. The lowest BCUT2D eigenvalue weighted by Crippen LogP contribution is -2.49. The molecule has 1 aliphatic heterocycles. The molecule has 1 atom stereocenters. The van der Waals surface area contributed by atoms with Crippen LogP contribution < -0.4 is 5.73 Å². The Morgan fingerprint density at radius 1 is 1.50 bits per heavy atom. The Bertz CT molecular complexity index is 273. The number of ether oxygens (including phenoxy) is 1. The van der Waals surface area contributed by atoms with Gasteiger partial charge in [0.1, 0.15) is 5.54 Å². The Hall–Kier alpha value is -0.650. The third-order valence-electron chi connectivity index (χ3n) is 3.95. The van der Waals surface area contributed by atoms with Gasteiger partial charge in [-0.1, -0.05) is 0 Å². The van der Waals surface area contributed by atoms with Crippen molar-refractivity contribution in [2.45, 2.75) is 37.8 Å². The van der Waals surface area contributed by atoms with E-state index in [1.807, 2.05) is 0 Å². The summed E-state index contributed by atoms with van der Waals surface area (Å²) < 4.78 is 4.72. The maximum atomic E-state index is 11.5. The number of piperidine rings is 1. The van der Waals surface area contributed by atoms with Crippen LogP contribution in [-0.2, 0) is 9.53 Å². The van der Waals surface area contributed by atoms with Crippen molar-refractivity contribution in [3.8, 4) is 0 Å². The van der Waals surface area contributed by atoms with Crippen LogP contribution in [-0.4, -0.2) is 68.2 Å². The SMILES string of the molecule is COC(=O)C(C)(N)CCN(C)C1CCN(C)CC1. The third kappa shape index (κ3) is 4.23. The van der Waals surface area contributed by atoms with Crippen molar-refractivity contribution in [1.82, 2.24) is 9.80 Å². The van der Waals surface area contributed by atoms with Crippen LogP contribution in [0.4, 0.5) is 0 Å². The summed E-state index contributed by atoms with van der Waals surface area (Å²) in [5.41, 5.74) is 5.08. The maximum absolute atomic E-state index is 11.5. The van der Waals surface area contributed by atoms with Gasteiger partial charge in [-0.25, -0.2) is 0 Å². The van der Waals surface area contributed by atoms with Crippen molar-refractivity contribution < 1.29 is 9.53 Å². The maximum Gasteiger partial charge on any atom is 0.325 e. The second kappa shape index (κ2) is 6.50. The molecule has 1 saturated heterocycles. The standard InChI is InChI=1S/C13H27N3O2/c1-13(14,12(17)18-4)7-10-16(3)11-5-8-15(2)9-6-11/h11H,5-10,14H2,1-4H3. The van der Waals surface area contributed by atoms with Crippen molar-refractivity contribution in [3.63, 3.8) is 0 Å². The number of likely N-dealkylation sites (tertiary alicyclic amines) is 1. The number of nitrogens with zero attached hydrogens (tertiary/aromatic N) is 2. The van der Waals surface area contributed by atoms with E-state index in [-0.39, 0.29) is 5.97 Å². The van der Waals surface area contributed by atoms with Gasteiger partial charge in [0, 0.05) is 12.6 Å². The molecular formula is C13H27N3O2. The number of esters is 1. The largest absolute Gasteiger partial charge is 0.468 e. The van der Waals surface area contributed by atoms with Crippen molar-refractivity contribution >= 4 is 5.97 Å². The zero-order chi connectivity index (χ0) is 13.8. The molecule has 1 heterocycles. The van der Waals surface area contributed by atoms with Gasteiger partial charge in [-0.2, -0.15) is 0 Å². The van der Waals surface area contributed by atoms with Gasteiger partial charge >= 0.3 is 5.97 Å². The lowest BCUT2D eigenvalue weighted by Gasteiger charge is -2.36. The summed E-state index contributed by atoms with van der Waals surface area (Å²) in [7, 11) is 5.65. The predicted molar refractivity (Wildman–Crippen MR) is 72.4 cm³/mol. The molecule has 1 fully saturated rings. The summed E-state index contributed by atoms with van der Waals surface area (Å²) >= 11 is 0. The minimum atomic E-state index is -0.880. The summed E-state index contributed by atoms with van der Waals surface area (Å²) in [5, 5.41) is 0. The number of carbonyl (C=O) groups is 1. The third-order valence-corrected chi connectivity index (χ3v) is 3.95. The van der Waals surface area contributed by atoms with Crippen LogP contribution in [0.3, 0.4) is 0 Å². The fourth-order valence-electron chi connectivity index (χ4n) is 2.36. The van der Waals surface area contributed by atoms with Crippen LogP contribution in [0.25, 0.3) is 0 Å². The molecule has 0 bridgehead atoms. The Labute approximate surface area is 110 Å². The van der Waals surface area contributed by atoms with Crippen LogP contribution in [0.5, 0.6) is 0 Å². The van der Waals surface area contributed by atoms with Gasteiger partial charge in [0.2, 0.25) is 0 Å². The molecule has 1 aliphatic rings. The molecule has 0 aromatic carbocycles. The van der Waals surface area contributed by atoms with E-state index >= 15 is 0 Å². The average molecular weight is 257 g/mol. The van der Waals surface area contributed by atoms with Gasteiger partial charge in [-0.3, -0.25) is 4.79 Å². The fourth-order valence-corrected chi connectivity index (χ4v) is 2.36. The number of methoxy groups -OCH3 is 1. The van der Waals surface area contributed by atoms with Gasteiger partial charge in [-0.05, 0) is 53.4 Å². The zero-order valence-electron chi connectivity index (χ0n) is 12.1. The molecule has 0 saturated carbocycles. The smallest absolute Gasteiger partial charge is 0.325 e. The van der Waals surface area contributed by atoms with Gasteiger partial charge in [-0.15, -0.1) is 0 Å². The van der Waals surface area contributed by atoms with E-state index in [9.17, 15) is 4.79 Å². The highest BCUT2D eigenvalue weighted by Crippen LogP contribution is 2.16. The zero-order valence-corrected chi connectivity index (χ0v) is 12.1. The Morgan fingerprint density at radius 3 is 2.56 bits per heavy atom. The lowest BCUT2D eigenvalue weighted by atomic mass is 9.97. The normalized spacial score (nSPS) is 21.9. The molecule has 5 heteroatoms. The minimum Gasteiger partial charge on any atom is -0.468 e. The first-order valence-electron chi connectivity index (χ1n) is 6.63. The summed E-state index contributed by atoms with van der Waals surface area (Å²) in [4.78, 5) is 16.2. The number of carbonyl (C=O) groups excluding carboxylic acids is 1. The minimum absolute atomic E-state index is 0.334. The number of hydrogen-bond donors (Lipinski definition) is 1. The van der Waals surface area contributed by atoms with E-state index in [4.69, 9.17) is 10.5 Å². The van der Waals surface area contributed by atoms with Gasteiger partial charge in [0.05, 0.1) is 7.11 Å². The molecule has 0 aromatic rings. The topological polar surface area (TPSA) is 58.8 Å². The number of rotatable bonds is 5. The summed E-state index contributed by atoms with van der Waals surface area (Å²) in [6, 6.07) is 0.606. The molecule has 0 aliphatic carbocycles. The lowest BCUT2D eigenvalue weighted by molar-refractivity contribution is -0.146. The predicted octanol–water partition coefficient (Wildman–Crippen LogP) is 0.293. The highest BCUT2D eigenvalue weighted by Gasteiger charge is 2.30. The molecular weight excluding hydrogens is 230 g/mol. The molecule has 1 unspecified atom stereocenters. The molecule has 0 amide bonds. The highest BCUT2D eigenvalue weighted by molar-refractivity contribution is 5.79. The molecule has 2 N–H and O–H groups in total. The first-order chi connectivity index (χ1) is 8.36. The summed E-state index contributed by atoms with van der Waals surface area (Å²) in [6.45, 7) is 4.86. The molecule has 5 nitrogen and oxygen atoms in total. The summed E-state index contributed by atoms with van der Waals surface area (Å²) in [5.74, 6) is -0.334. The van der Waals surface area contributed by atoms with Crippen molar-refractivity contribution in [3.05, 3.63) is 0 Å². The van der Waals surface area contributed by atoms with Gasteiger partial charge < -0.3 is 20.3 Å². The second-order valence-corrected chi connectivity index (χ2v) is 5.67. The fraction of sp³-hybridized carbons (Fsp3) is 0.923. The molecule has 0 aromatic heterocycles. The van der Waals surface area contributed by atoms with E-state index < -0.39 is 5.54 Å². The number of hydrogen-bond acceptors (Lipinski definition) is 5. The molecule has 106 valence electrons. The van der Waals surface area contributed by atoms with Crippen LogP contribution in [0.2, 0.25) is 0 Å². The molecule has 1 rings (SSSR count). The van der Waals surface area contributed by atoms with Crippen LogP contribution >= 0.6 is 0 Å². The Balaban J connectivity index is 2.36. The van der Waals surface area contributed by atoms with E-state index in [0.717, 1.165) is 19.6 Å². The first kappa shape index (κ1) is 15.4. The van der Waals surface area contributed by atoms with E-state index in [1.54, 1.807) is 6.92 Å². The monoisotopic (exact) mass is 257 g/mol. The second-order valence-electron chi connectivity index (χ2n) is 5.67. The Morgan fingerprint density at radius 2 is 2.06 bits per heavy atom. The summed E-state index contributed by atoms with van der Waals surface area (Å²) in [6.07, 6.45) is 3.00. The highest BCUT2D eigenvalue weighted by atomic mass is 16.5. The average Bonchev–Trinajstić information content (AvgIpc) is 2.35. The number of nitrogens with two attached hydrogens (primary N) is 1. The van der Waals surface area contributed by atoms with E-state index in [2.05, 4.69) is 23.9 Å². The van der Waals surface area contributed by atoms with Crippen molar-refractivity contribution in [2.75, 3.05) is 40.8 Å². The van der Waals surface area contributed by atoms with Gasteiger partial charge in [0.25, 0.3) is 0 Å². The van der Waals surface area contributed by atoms with Crippen LogP contribution in [0.15, 0.2) is 0 Å². The van der Waals surface area contributed by atoms with E-state index in [1.165, 1.54) is 20.0 Å². The van der Waals surface area contributed by atoms with Crippen LogP contribution in [0.1, 0.15) is 26.2 Å². The van der Waals surface area contributed by atoms with Crippen molar-refractivity contribution in [2.24, 2.45) is 5.73 Å². The molecule has 0 spiro atoms. The molecule has 18 heavy (non-hydrogen) atoms. The van der Waals surface area contributed by atoms with E-state index in [0.29, 0.717) is 12.5 Å². The Kier molecular flexibility index (Phi) is 5.56. The van der Waals surface area contributed by atoms with Gasteiger partial charge in [0.15, 0.2) is 0 Å². The molecule has 0 radical (unpaired) electrons. The van der Waals surface area contributed by atoms with Crippen molar-refractivity contribution in [1.29, 1.82) is 0 Å². The van der Waals surface area contributed by atoms with Crippen LogP contribution in [0, 0.1) is 0 Å². The quantitative estimate of drug-likeness (QED) is 0.718.